The summed E-state index contributed by atoms with van der Waals surface area (Å²) in [6.07, 6.45) is 4.19. The SMILES string of the molecule is COc1ccccc1-c1cnn2ccc(N3CC[C@H](N(C)C(=O)OC(C)C)C3)nc12. The van der Waals surface area contributed by atoms with Gasteiger partial charge in [-0.05, 0) is 32.4 Å². The topological polar surface area (TPSA) is 72.2 Å². The van der Waals surface area contributed by atoms with Crippen molar-refractivity contribution in [1.82, 2.24) is 19.5 Å². The van der Waals surface area contributed by atoms with Crippen LogP contribution in [0.3, 0.4) is 0 Å². The van der Waals surface area contributed by atoms with Crippen molar-refractivity contribution in [3.05, 3.63) is 42.7 Å². The van der Waals surface area contributed by atoms with Crippen LogP contribution in [0.5, 0.6) is 5.75 Å². The van der Waals surface area contributed by atoms with E-state index in [1.54, 1.807) is 23.6 Å². The summed E-state index contributed by atoms with van der Waals surface area (Å²) in [4.78, 5) is 21.0. The van der Waals surface area contributed by atoms with Crippen molar-refractivity contribution in [2.24, 2.45) is 0 Å². The standard InChI is InChI=1S/C22H27N5O3/c1-15(2)30-22(28)25(3)16-9-11-26(14-16)20-10-12-27-21(24-20)18(13-23-27)17-7-5-6-8-19(17)29-4/h5-8,10,12-13,15-16H,9,11,14H2,1-4H3/t16-/m0/s1. The van der Waals surface area contributed by atoms with E-state index in [-0.39, 0.29) is 18.2 Å². The minimum atomic E-state index is -0.283. The molecule has 0 N–H and O–H groups in total. The van der Waals surface area contributed by atoms with E-state index in [2.05, 4.69) is 10.00 Å². The molecule has 4 rings (SSSR count). The van der Waals surface area contributed by atoms with E-state index in [4.69, 9.17) is 14.5 Å². The number of fused-ring (bicyclic) bond motifs is 1. The van der Waals surface area contributed by atoms with E-state index in [9.17, 15) is 4.79 Å². The summed E-state index contributed by atoms with van der Waals surface area (Å²) in [6.45, 7) is 5.25. The largest absolute Gasteiger partial charge is 0.496 e. The van der Waals surface area contributed by atoms with Gasteiger partial charge in [-0.25, -0.2) is 14.3 Å². The number of para-hydroxylation sites is 1. The molecule has 0 aliphatic carbocycles. The van der Waals surface area contributed by atoms with Crippen molar-refractivity contribution < 1.29 is 14.3 Å². The van der Waals surface area contributed by atoms with Gasteiger partial charge in [0.25, 0.3) is 0 Å². The number of hydrogen-bond acceptors (Lipinski definition) is 6. The summed E-state index contributed by atoms with van der Waals surface area (Å²) in [6, 6.07) is 9.90. The van der Waals surface area contributed by atoms with Gasteiger partial charge in [-0.1, -0.05) is 18.2 Å². The maximum Gasteiger partial charge on any atom is 0.410 e. The summed E-state index contributed by atoms with van der Waals surface area (Å²) in [7, 11) is 3.46. The number of carbonyl (C=O) groups is 1. The number of hydrogen-bond donors (Lipinski definition) is 0. The lowest BCUT2D eigenvalue weighted by Gasteiger charge is -2.25. The zero-order valence-corrected chi connectivity index (χ0v) is 17.8. The van der Waals surface area contributed by atoms with E-state index < -0.39 is 0 Å². The van der Waals surface area contributed by atoms with Gasteiger partial charge in [0.2, 0.25) is 0 Å². The van der Waals surface area contributed by atoms with E-state index >= 15 is 0 Å². The molecule has 1 saturated heterocycles. The maximum absolute atomic E-state index is 12.2. The second-order valence-corrected chi connectivity index (χ2v) is 7.74. The summed E-state index contributed by atoms with van der Waals surface area (Å²) < 4.78 is 12.6. The zero-order chi connectivity index (χ0) is 21.3. The van der Waals surface area contributed by atoms with Crippen LogP contribution in [0.1, 0.15) is 20.3 Å². The highest BCUT2D eigenvalue weighted by Crippen LogP contribution is 2.32. The quantitative estimate of drug-likeness (QED) is 0.643. The molecule has 1 fully saturated rings. The normalized spacial score (nSPS) is 16.3. The van der Waals surface area contributed by atoms with Crippen LogP contribution < -0.4 is 9.64 Å². The molecule has 3 heterocycles. The zero-order valence-electron chi connectivity index (χ0n) is 17.8. The Labute approximate surface area is 176 Å². The Morgan fingerprint density at radius 1 is 1.23 bits per heavy atom. The summed E-state index contributed by atoms with van der Waals surface area (Å²) >= 11 is 0. The Kier molecular flexibility index (Phi) is 5.48. The molecule has 30 heavy (non-hydrogen) atoms. The van der Waals surface area contributed by atoms with Gasteiger partial charge in [0.05, 0.1) is 31.0 Å². The van der Waals surface area contributed by atoms with E-state index in [0.29, 0.717) is 6.54 Å². The van der Waals surface area contributed by atoms with Gasteiger partial charge < -0.3 is 19.3 Å². The fourth-order valence-electron chi connectivity index (χ4n) is 3.79. The van der Waals surface area contributed by atoms with Gasteiger partial charge in [-0.15, -0.1) is 0 Å². The highest BCUT2D eigenvalue weighted by atomic mass is 16.6. The fourth-order valence-corrected chi connectivity index (χ4v) is 3.79. The molecule has 0 unspecified atom stereocenters. The molecule has 0 bridgehead atoms. The number of methoxy groups -OCH3 is 1. The van der Waals surface area contributed by atoms with Crippen molar-refractivity contribution in [2.45, 2.75) is 32.4 Å². The fraction of sp³-hybridized carbons (Fsp3) is 0.409. The molecule has 0 spiro atoms. The third kappa shape index (κ3) is 3.77. The molecule has 2 aromatic heterocycles. The average Bonchev–Trinajstić information content (AvgIpc) is 3.39. The van der Waals surface area contributed by atoms with Crippen molar-refractivity contribution in [2.75, 3.05) is 32.1 Å². The number of anilines is 1. The van der Waals surface area contributed by atoms with Gasteiger partial charge >= 0.3 is 6.09 Å². The monoisotopic (exact) mass is 409 g/mol. The molecule has 8 nitrogen and oxygen atoms in total. The number of carbonyl (C=O) groups excluding carboxylic acids is 1. The summed E-state index contributed by atoms with van der Waals surface area (Å²) in [5.74, 6) is 1.65. The smallest absolute Gasteiger partial charge is 0.410 e. The molecule has 3 aromatic rings. The first-order valence-corrected chi connectivity index (χ1v) is 10.1. The Morgan fingerprint density at radius 3 is 2.80 bits per heavy atom. The van der Waals surface area contributed by atoms with Crippen LogP contribution in [0.2, 0.25) is 0 Å². The van der Waals surface area contributed by atoms with E-state index in [1.807, 2.05) is 56.6 Å². The van der Waals surface area contributed by atoms with Gasteiger partial charge in [0, 0.05) is 31.9 Å². The Bertz CT molecular complexity index is 1050. The molecule has 0 radical (unpaired) electrons. The summed E-state index contributed by atoms with van der Waals surface area (Å²) in [5, 5.41) is 4.44. The number of benzene rings is 1. The van der Waals surface area contributed by atoms with Crippen LogP contribution >= 0.6 is 0 Å². The summed E-state index contributed by atoms with van der Waals surface area (Å²) in [5.41, 5.74) is 2.64. The molecule has 1 aliphatic heterocycles. The number of amides is 1. The first-order chi connectivity index (χ1) is 14.5. The number of nitrogens with zero attached hydrogens (tertiary/aromatic N) is 5. The Hall–Kier alpha value is -3.29. The number of ether oxygens (including phenoxy) is 2. The predicted octanol–water partition coefficient (Wildman–Crippen LogP) is 3.46. The predicted molar refractivity (Wildman–Crippen MR) is 115 cm³/mol. The maximum atomic E-state index is 12.2. The van der Waals surface area contributed by atoms with Crippen LogP contribution in [0.25, 0.3) is 16.8 Å². The van der Waals surface area contributed by atoms with Crippen molar-refractivity contribution in [1.29, 1.82) is 0 Å². The third-order valence-electron chi connectivity index (χ3n) is 5.41. The lowest BCUT2D eigenvalue weighted by atomic mass is 10.1. The molecule has 8 heteroatoms. The molecule has 0 saturated carbocycles. The number of aromatic nitrogens is 3. The minimum Gasteiger partial charge on any atom is -0.496 e. The van der Waals surface area contributed by atoms with Crippen molar-refractivity contribution in [3.8, 4) is 16.9 Å². The van der Waals surface area contributed by atoms with Crippen molar-refractivity contribution in [3.63, 3.8) is 0 Å². The minimum absolute atomic E-state index is 0.0906. The van der Waals surface area contributed by atoms with Gasteiger partial charge in [-0.3, -0.25) is 0 Å². The number of likely N-dealkylation sites (N-methyl/N-ethyl adjacent to an activating group) is 1. The van der Waals surface area contributed by atoms with Crippen LogP contribution in [-0.4, -0.2) is 65.0 Å². The first-order valence-electron chi connectivity index (χ1n) is 10.1. The van der Waals surface area contributed by atoms with E-state index in [0.717, 1.165) is 41.3 Å². The molecule has 1 amide bonds. The Balaban J connectivity index is 1.58. The molecule has 1 aromatic carbocycles. The molecular formula is C22H27N5O3. The molecular weight excluding hydrogens is 382 g/mol. The highest BCUT2D eigenvalue weighted by molar-refractivity contribution is 5.81. The second-order valence-electron chi connectivity index (χ2n) is 7.74. The molecule has 1 aliphatic rings. The van der Waals surface area contributed by atoms with Crippen LogP contribution in [0.4, 0.5) is 10.6 Å². The average molecular weight is 409 g/mol. The lowest BCUT2D eigenvalue weighted by molar-refractivity contribution is 0.0748. The second kappa shape index (κ2) is 8.22. The first kappa shape index (κ1) is 20.0. The van der Waals surface area contributed by atoms with Crippen molar-refractivity contribution >= 4 is 17.6 Å². The third-order valence-corrected chi connectivity index (χ3v) is 5.41. The van der Waals surface area contributed by atoms with Crippen LogP contribution in [0.15, 0.2) is 42.7 Å². The highest BCUT2D eigenvalue weighted by Gasteiger charge is 2.30. The van der Waals surface area contributed by atoms with Gasteiger partial charge in [0.15, 0.2) is 5.65 Å². The number of rotatable bonds is 5. The van der Waals surface area contributed by atoms with Crippen LogP contribution in [0, 0.1) is 0 Å². The Morgan fingerprint density at radius 2 is 2.03 bits per heavy atom. The van der Waals surface area contributed by atoms with Gasteiger partial charge in [0.1, 0.15) is 11.6 Å². The molecule has 1 atom stereocenters. The van der Waals surface area contributed by atoms with Gasteiger partial charge in [-0.2, -0.15) is 5.10 Å². The lowest BCUT2D eigenvalue weighted by Crippen LogP contribution is -2.40. The van der Waals surface area contributed by atoms with Crippen LogP contribution in [-0.2, 0) is 4.74 Å². The molecule has 158 valence electrons. The van der Waals surface area contributed by atoms with E-state index in [1.165, 1.54) is 0 Å².